The molecule has 5 heteroatoms. The van der Waals surface area contributed by atoms with Gasteiger partial charge in [-0.25, -0.2) is 0 Å². The van der Waals surface area contributed by atoms with Crippen molar-refractivity contribution < 1.29 is 5.11 Å². The Labute approximate surface area is 102 Å². The Hall–Kier alpha value is -0.940. The lowest BCUT2D eigenvalue weighted by molar-refractivity contribution is -0.00601. The van der Waals surface area contributed by atoms with E-state index in [1.54, 1.807) is 0 Å². The van der Waals surface area contributed by atoms with Crippen LogP contribution in [-0.2, 0) is 13.6 Å². The quantitative estimate of drug-likeness (QED) is 0.848. The Morgan fingerprint density at radius 1 is 1.41 bits per heavy atom. The van der Waals surface area contributed by atoms with Crippen molar-refractivity contribution in [1.29, 1.82) is 0 Å². The summed E-state index contributed by atoms with van der Waals surface area (Å²) in [6.07, 6.45) is 2.20. The third kappa shape index (κ3) is 2.50. The maximum absolute atomic E-state index is 10.2. The van der Waals surface area contributed by atoms with Crippen LogP contribution in [0, 0.1) is 6.92 Å². The minimum atomic E-state index is -0.649. The Morgan fingerprint density at radius 2 is 2.12 bits per heavy atom. The molecular weight excluding hydrogens is 216 g/mol. The van der Waals surface area contributed by atoms with Crippen molar-refractivity contribution in [3.05, 3.63) is 11.6 Å². The van der Waals surface area contributed by atoms with Gasteiger partial charge in [0.15, 0.2) is 0 Å². The van der Waals surface area contributed by atoms with Gasteiger partial charge < -0.3 is 9.67 Å². The molecule has 1 aliphatic rings. The molecular formula is C12H22N4O. The number of aliphatic hydroxyl groups is 1. The van der Waals surface area contributed by atoms with Crippen molar-refractivity contribution in [3.63, 3.8) is 0 Å². The number of hydrogen-bond donors (Lipinski definition) is 1. The zero-order chi connectivity index (χ0) is 12.6. The largest absolute Gasteiger partial charge is 0.389 e. The molecule has 1 aromatic rings. The van der Waals surface area contributed by atoms with Gasteiger partial charge in [0.25, 0.3) is 0 Å². The molecule has 0 saturated carbocycles. The van der Waals surface area contributed by atoms with E-state index in [9.17, 15) is 5.11 Å². The highest BCUT2D eigenvalue weighted by molar-refractivity contribution is 4.97. The molecule has 5 nitrogen and oxygen atoms in total. The molecule has 1 aromatic heterocycles. The van der Waals surface area contributed by atoms with E-state index in [0.29, 0.717) is 0 Å². The summed E-state index contributed by atoms with van der Waals surface area (Å²) in [5, 5.41) is 18.4. The normalized spacial score (nSPS) is 22.3. The molecule has 0 radical (unpaired) electrons. The highest BCUT2D eigenvalue weighted by atomic mass is 16.3. The van der Waals surface area contributed by atoms with Gasteiger partial charge >= 0.3 is 0 Å². The van der Waals surface area contributed by atoms with Gasteiger partial charge in [0.05, 0.1) is 12.1 Å². The number of nitrogens with zero attached hydrogens (tertiary/aromatic N) is 4. The maximum Gasteiger partial charge on any atom is 0.146 e. The average molecular weight is 238 g/mol. The number of rotatable bonds is 3. The standard InChI is InChI=1S/C12H22N4O/c1-9-13-14-11(15(9)4)8-16-7-5-6-10(16)12(2,3)17/h10,17H,5-8H2,1-4H3. The van der Waals surface area contributed by atoms with Crippen molar-refractivity contribution in [2.75, 3.05) is 6.54 Å². The molecule has 1 atom stereocenters. The Bertz CT molecular complexity index is 394. The van der Waals surface area contributed by atoms with Crippen LogP contribution >= 0.6 is 0 Å². The van der Waals surface area contributed by atoms with Crippen LogP contribution < -0.4 is 0 Å². The van der Waals surface area contributed by atoms with Crippen LogP contribution in [0.2, 0.25) is 0 Å². The molecule has 96 valence electrons. The first-order chi connectivity index (χ1) is 7.89. The number of aromatic nitrogens is 3. The molecule has 0 bridgehead atoms. The van der Waals surface area contributed by atoms with E-state index in [1.807, 2.05) is 32.4 Å². The monoisotopic (exact) mass is 238 g/mol. The second kappa shape index (κ2) is 4.38. The van der Waals surface area contributed by atoms with Crippen molar-refractivity contribution in [3.8, 4) is 0 Å². The molecule has 1 N–H and O–H groups in total. The molecule has 1 aliphatic heterocycles. The summed E-state index contributed by atoms with van der Waals surface area (Å²) in [6, 6.07) is 0.222. The highest BCUT2D eigenvalue weighted by Crippen LogP contribution is 2.27. The molecule has 0 aromatic carbocycles. The van der Waals surface area contributed by atoms with Gasteiger partial charge in [-0.2, -0.15) is 0 Å². The van der Waals surface area contributed by atoms with E-state index in [4.69, 9.17) is 0 Å². The second-order valence-corrected chi connectivity index (χ2v) is 5.50. The molecule has 2 rings (SSSR count). The fraction of sp³-hybridized carbons (Fsp3) is 0.833. The summed E-state index contributed by atoms with van der Waals surface area (Å²) in [4.78, 5) is 2.31. The van der Waals surface area contributed by atoms with E-state index >= 15 is 0 Å². The van der Waals surface area contributed by atoms with E-state index in [-0.39, 0.29) is 6.04 Å². The zero-order valence-corrected chi connectivity index (χ0v) is 11.1. The van der Waals surface area contributed by atoms with Crippen molar-refractivity contribution in [2.45, 2.75) is 51.8 Å². The fourth-order valence-corrected chi connectivity index (χ4v) is 2.59. The minimum Gasteiger partial charge on any atom is -0.389 e. The average Bonchev–Trinajstić information content (AvgIpc) is 2.79. The lowest BCUT2D eigenvalue weighted by Gasteiger charge is -2.33. The molecule has 17 heavy (non-hydrogen) atoms. The van der Waals surface area contributed by atoms with Gasteiger partial charge in [0.2, 0.25) is 0 Å². The highest BCUT2D eigenvalue weighted by Gasteiger charge is 2.36. The van der Waals surface area contributed by atoms with Gasteiger partial charge in [0.1, 0.15) is 11.6 Å². The zero-order valence-electron chi connectivity index (χ0n) is 11.1. The first kappa shape index (κ1) is 12.5. The summed E-state index contributed by atoms with van der Waals surface area (Å²) in [7, 11) is 1.99. The minimum absolute atomic E-state index is 0.222. The second-order valence-electron chi connectivity index (χ2n) is 5.50. The lowest BCUT2D eigenvalue weighted by atomic mass is 9.97. The number of likely N-dealkylation sites (tertiary alicyclic amines) is 1. The number of aryl methyl sites for hydroxylation is 1. The predicted molar refractivity (Wildman–Crippen MR) is 65.5 cm³/mol. The molecule has 1 unspecified atom stereocenters. The Kier molecular flexibility index (Phi) is 3.23. The van der Waals surface area contributed by atoms with Crippen LogP contribution in [0.4, 0.5) is 0 Å². The SMILES string of the molecule is Cc1nnc(CN2CCCC2C(C)(C)O)n1C. The summed E-state index contributed by atoms with van der Waals surface area (Å²) >= 11 is 0. The van der Waals surface area contributed by atoms with Crippen LogP contribution in [-0.4, -0.2) is 43.0 Å². The summed E-state index contributed by atoms with van der Waals surface area (Å²) < 4.78 is 2.01. The molecule has 1 saturated heterocycles. The first-order valence-electron chi connectivity index (χ1n) is 6.21. The van der Waals surface area contributed by atoms with Crippen LogP contribution in [0.1, 0.15) is 38.3 Å². The van der Waals surface area contributed by atoms with Crippen molar-refractivity contribution in [2.24, 2.45) is 7.05 Å². The van der Waals surface area contributed by atoms with Crippen LogP contribution in [0.3, 0.4) is 0 Å². The molecule has 0 aliphatic carbocycles. The third-order valence-electron chi connectivity index (χ3n) is 3.71. The first-order valence-corrected chi connectivity index (χ1v) is 6.21. The van der Waals surface area contributed by atoms with Crippen LogP contribution in [0.25, 0.3) is 0 Å². The summed E-state index contributed by atoms with van der Waals surface area (Å²) in [5.41, 5.74) is -0.649. The summed E-state index contributed by atoms with van der Waals surface area (Å²) in [5.74, 6) is 1.90. The van der Waals surface area contributed by atoms with Crippen molar-refractivity contribution in [1.82, 2.24) is 19.7 Å². The van der Waals surface area contributed by atoms with E-state index < -0.39 is 5.60 Å². The fourth-order valence-electron chi connectivity index (χ4n) is 2.59. The smallest absolute Gasteiger partial charge is 0.146 e. The maximum atomic E-state index is 10.2. The topological polar surface area (TPSA) is 54.2 Å². The summed E-state index contributed by atoms with van der Waals surface area (Å²) in [6.45, 7) is 7.52. The van der Waals surface area contributed by atoms with E-state index in [1.165, 1.54) is 0 Å². The van der Waals surface area contributed by atoms with Crippen LogP contribution in [0.5, 0.6) is 0 Å². The van der Waals surface area contributed by atoms with Gasteiger partial charge in [-0.15, -0.1) is 10.2 Å². The van der Waals surface area contributed by atoms with E-state index in [0.717, 1.165) is 37.6 Å². The lowest BCUT2D eigenvalue weighted by Crippen LogP contribution is -2.45. The van der Waals surface area contributed by atoms with Gasteiger partial charge in [-0.3, -0.25) is 4.90 Å². The predicted octanol–water partition coefficient (Wildman–Crippen LogP) is 0.859. The van der Waals surface area contributed by atoms with Gasteiger partial charge in [-0.1, -0.05) is 0 Å². The molecule has 0 amide bonds. The van der Waals surface area contributed by atoms with Gasteiger partial charge in [-0.05, 0) is 40.2 Å². The third-order valence-corrected chi connectivity index (χ3v) is 3.71. The number of hydrogen-bond acceptors (Lipinski definition) is 4. The molecule has 0 spiro atoms. The Balaban J connectivity index is 2.11. The molecule has 2 heterocycles. The van der Waals surface area contributed by atoms with E-state index in [2.05, 4.69) is 15.1 Å². The Morgan fingerprint density at radius 3 is 2.65 bits per heavy atom. The van der Waals surface area contributed by atoms with Crippen molar-refractivity contribution >= 4 is 0 Å². The van der Waals surface area contributed by atoms with Gasteiger partial charge in [0, 0.05) is 13.1 Å². The van der Waals surface area contributed by atoms with Crippen LogP contribution in [0.15, 0.2) is 0 Å². The molecule has 1 fully saturated rings.